The van der Waals surface area contributed by atoms with Gasteiger partial charge in [-0.1, -0.05) is 24.3 Å². The molecule has 1 aliphatic rings. The van der Waals surface area contributed by atoms with Gasteiger partial charge >= 0.3 is 0 Å². The van der Waals surface area contributed by atoms with Crippen molar-refractivity contribution in [3.05, 3.63) is 42.0 Å². The molecule has 0 fully saturated rings. The Morgan fingerprint density at radius 1 is 1.33 bits per heavy atom. The first-order valence-electron chi connectivity index (χ1n) is 3.03. The molecule has 0 N–H and O–H groups in total. The smallest absolute Gasteiger partial charge is 0.00106 e. The van der Waals surface area contributed by atoms with Crippen molar-refractivity contribution in [2.24, 2.45) is 0 Å². The van der Waals surface area contributed by atoms with E-state index in [4.69, 9.17) is 0 Å². The van der Waals surface area contributed by atoms with Gasteiger partial charge in [-0.15, -0.1) is 0 Å². The van der Waals surface area contributed by atoms with Crippen LogP contribution >= 0.6 is 0 Å². The van der Waals surface area contributed by atoms with Crippen LogP contribution in [0.2, 0.25) is 0 Å². The van der Waals surface area contributed by atoms with Crippen molar-refractivity contribution in [3.63, 3.8) is 0 Å². The van der Waals surface area contributed by atoms with E-state index in [0.29, 0.717) is 0 Å². The molecule has 42 valence electrons. The molecule has 0 spiro atoms. The fourth-order valence-corrected chi connectivity index (χ4v) is 0.816. The SMILES string of the molecule is [C]1=C(c2[c]cccc2)C1. The Morgan fingerprint density at radius 2 is 2.22 bits per heavy atom. The molecular formula is C9H6. The minimum Gasteiger partial charge on any atom is -0.0616 e. The van der Waals surface area contributed by atoms with E-state index >= 15 is 0 Å². The number of rotatable bonds is 1. The van der Waals surface area contributed by atoms with E-state index in [1.807, 2.05) is 18.2 Å². The van der Waals surface area contributed by atoms with Crippen LogP contribution in [0.5, 0.6) is 0 Å². The minimum absolute atomic E-state index is 1.04. The van der Waals surface area contributed by atoms with Crippen molar-refractivity contribution in [2.75, 3.05) is 0 Å². The molecule has 1 aromatic carbocycles. The summed E-state index contributed by atoms with van der Waals surface area (Å²) in [5, 5.41) is 0. The van der Waals surface area contributed by atoms with Crippen LogP contribution in [0.3, 0.4) is 0 Å². The molecule has 9 heavy (non-hydrogen) atoms. The second-order valence-electron chi connectivity index (χ2n) is 2.11. The van der Waals surface area contributed by atoms with Crippen LogP contribution in [0.15, 0.2) is 24.3 Å². The Kier molecular flexibility index (Phi) is 0.922. The highest BCUT2D eigenvalue weighted by molar-refractivity contribution is 5.73. The van der Waals surface area contributed by atoms with Crippen molar-refractivity contribution in [1.82, 2.24) is 0 Å². The Bertz CT molecular complexity index is 231. The number of hydrogen-bond donors (Lipinski definition) is 0. The van der Waals surface area contributed by atoms with Gasteiger partial charge < -0.3 is 0 Å². The summed E-state index contributed by atoms with van der Waals surface area (Å²) in [6, 6.07) is 11.1. The highest BCUT2D eigenvalue weighted by Crippen LogP contribution is 2.28. The summed E-state index contributed by atoms with van der Waals surface area (Å²) in [6.07, 6.45) is 4.18. The van der Waals surface area contributed by atoms with Gasteiger partial charge in [-0.3, -0.25) is 0 Å². The molecule has 2 radical (unpaired) electrons. The third kappa shape index (κ3) is 0.879. The Hall–Kier alpha value is -1.04. The second kappa shape index (κ2) is 1.73. The van der Waals surface area contributed by atoms with Gasteiger partial charge in [0.05, 0.1) is 0 Å². The summed E-state index contributed by atoms with van der Waals surface area (Å²) in [5.41, 5.74) is 2.52. The van der Waals surface area contributed by atoms with Crippen LogP contribution in [-0.4, -0.2) is 0 Å². The monoisotopic (exact) mass is 114 g/mol. The number of allylic oxidation sites excluding steroid dienone is 2. The van der Waals surface area contributed by atoms with Gasteiger partial charge in [-0.2, -0.15) is 0 Å². The maximum Gasteiger partial charge on any atom is -0.00106 e. The maximum absolute atomic E-state index is 3.14. The quantitative estimate of drug-likeness (QED) is 0.524. The fraction of sp³-hybridized carbons (Fsp3) is 0.111. The van der Waals surface area contributed by atoms with Crippen LogP contribution in [0.4, 0.5) is 0 Å². The minimum atomic E-state index is 1.04. The molecule has 0 saturated heterocycles. The van der Waals surface area contributed by atoms with Crippen molar-refractivity contribution < 1.29 is 0 Å². The van der Waals surface area contributed by atoms with Gasteiger partial charge in [-0.25, -0.2) is 0 Å². The van der Waals surface area contributed by atoms with Crippen molar-refractivity contribution >= 4 is 5.57 Å². The lowest BCUT2D eigenvalue weighted by Gasteiger charge is -1.87. The number of hydrogen-bond acceptors (Lipinski definition) is 0. The third-order valence-electron chi connectivity index (χ3n) is 1.39. The Labute approximate surface area is 54.8 Å². The third-order valence-corrected chi connectivity index (χ3v) is 1.39. The van der Waals surface area contributed by atoms with Crippen LogP contribution in [-0.2, 0) is 0 Å². The van der Waals surface area contributed by atoms with E-state index in [0.717, 1.165) is 6.42 Å². The second-order valence-corrected chi connectivity index (χ2v) is 2.11. The van der Waals surface area contributed by atoms with Crippen LogP contribution < -0.4 is 0 Å². The van der Waals surface area contributed by atoms with E-state index in [1.54, 1.807) is 0 Å². The van der Waals surface area contributed by atoms with Crippen molar-refractivity contribution in [3.8, 4) is 0 Å². The molecule has 1 aliphatic carbocycles. The summed E-state index contributed by atoms with van der Waals surface area (Å²) in [7, 11) is 0. The molecule has 0 unspecified atom stereocenters. The fourth-order valence-electron chi connectivity index (χ4n) is 0.816. The molecule has 0 heteroatoms. The maximum atomic E-state index is 3.14. The largest absolute Gasteiger partial charge is 0.0616 e. The molecule has 1 aromatic rings. The van der Waals surface area contributed by atoms with Gasteiger partial charge in [0.25, 0.3) is 0 Å². The van der Waals surface area contributed by atoms with Crippen LogP contribution in [0.1, 0.15) is 12.0 Å². The van der Waals surface area contributed by atoms with E-state index in [9.17, 15) is 0 Å². The zero-order valence-electron chi connectivity index (χ0n) is 5.02. The zero-order chi connectivity index (χ0) is 6.10. The molecule has 0 nitrogen and oxygen atoms in total. The molecule has 0 amide bonds. The molecular weight excluding hydrogens is 108 g/mol. The first-order valence-corrected chi connectivity index (χ1v) is 3.03. The van der Waals surface area contributed by atoms with Crippen LogP contribution in [0, 0.1) is 12.1 Å². The number of benzene rings is 1. The van der Waals surface area contributed by atoms with Crippen molar-refractivity contribution in [2.45, 2.75) is 6.42 Å². The lowest BCUT2D eigenvalue weighted by Crippen LogP contribution is -1.69. The standard InChI is InChI=1S/C9H6/c1-2-4-8(5-3-1)9-6-7-9/h1-4H,6H2. The molecule has 2 rings (SSSR count). The Morgan fingerprint density at radius 3 is 2.78 bits per heavy atom. The lowest BCUT2D eigenvalue weighted by atomic mass is 10.2. The van der Waals surface area contributed by atoms with E-state index in [-0.39, 0.29) is 0 Å². The lowest BCUT2D eigenvalue weighted by molar-refractivity contribution is 1.57. The highest BCUT2D eigenvalue weighted by Gasteiger charge is 2.08. The molecule has 0 heterocycles. The molecule has 0 bridgehead atoms. The average molecular weight is 114 g/mol. The van der Waals surface area contributed by atoms with Crippen molar-refractivity contribution in [1.29, 1.82) is 0 Å². The summed E-state index contributed by atoms with van der Waals surface area (Å²) in [4.78, 5) is 0. The van der Waals surface area contributed by atoms with Gasteiger partial charge in [-0.05, 0) is 29.7 Å². The molecule has 0 aromatic heterocycles. The average Bonchev–Trinajstić information content (AvgIpc) is 2.71. The summed E-state index contributed by atoms with van der Waals surface area (Å²) in [6.45, 7) is 0. The summed E-state index contributed by atoms with van der Waals surface area (Å²) < 4.78 is 0. The van der Waals surface area contributed by atoms with E-state index in [1.165, 1.54) is 11.1 Å². The zero-order valence-corrected chi connectivity index (χ0v) is 5.02. The van der Waals surface area contributed by atoms with Gasteiger partial charge in [0, 0.05) is 0 Å². The predicted molar refractivity (Wildman–Crippen MR) is 36.5 cm³/mol. The molecule has 0 saturated carbocycles. The predicted octanol–water partition coefficient (Wildman–Crippen LogP) is 2.08. The van der Waals surface area contributed by atoms with E-state index < -0.39 is 0 Å². The van der Waals surface area contributed by atoms with E-state index in [2.05, 4.69) is 18.2 Å². The Balaban J connectivity index is 2.40. The molecule has 0 aliphatic heterocycles. The normalized spacial score (nSPS) is 14.9. The molecule has 0 atom stereocenters. The topological polar surface area (TPSA) is 0 Å². The van der Waals surface area contributed by atoms with Gasteiger partial charge in [0.15, 0.2) is 0 Å². The highest BCUT2D eigenvalue weighted by atomic mass is 14.1. The van der Waals surface area contributed by atoms with Gasteiger partial charge in [0.1, 0.15) is 0 Å². The first kappa shape index (κ1) is 4.80. The summed E-state index contributed by atoms with van der Waals surface area (Å²) in [5.74, 6) is 0. The van der Waals surface area contributed by atoms with Crippen LogP contribution in [0.25, 0.3) is 5.57 Å². The van der Waals surface area contributed by atoms with Gasteiger partial charge in [0.2, 0.25) is 0 Å². The summed E-state index contributed by atoms with van der Waals surface area (Å²) >= 11 is 0. The first-order chi connectivity index (χ1) is 4.47.